The molecule has 134 valence electrons. The zero-order valence-corrected chi connectivity index (χ0v) is 13.8. The number of hydrogen-bond donors (Lipinski definition) is 2. The number of nitrogens with one attached hydrogen (secondary N) is 2. The van der Waals surface area contributed by atoms with Crippen molar-refractivity contribution in [3.8, 4) is 0 Å². The maximum Gasteiger partial charge on any atom is 0.419 e. The Morgan fingerprint density at radius 3 is 2.29 bits per heavy atom. The van der Waals surface area contributed by atoms with E-state index in [1.807, 2.05) is 0 Å². The molecule has 1 aromatic heterocycles. The summed E-state index contributed by atoms with van der Waals surface area (Å²) < 4.78 is 42.6. The summed E-state index contributed by atoms with van der Waals surface area (Å²) in [6.45, 7) is 5.36. The van der Waals surface area contributed by atoms with E-state index in [0.29, 0.717) is 6.42 Å². The first kappa shape index (κ1) is 18.3. The summed E-state index contributed by atoms with van der Waals surface area (Å²) in [6, 6.07) is -0.0616. The van der Waals surface area contributed by atoms with Gasteiger partial charge >= 0.3 is 12.3 Å². The molecule has 0 aromatic carbocycles. The van der Waals surface area contributed by atoms with Gasteiger partial charge in [-0.2, -0.15) is 13.2 Å². The molecule has 2 atom stereocenters. The SMILES string of the molecule is CC(C)(C)OC(=O)N[C@H]1CC[C@H](Nc2ncc(C(F)(F)F)cn2)C1. The van der Waals surface area contributed by atoms with Gasteiger partial charge in [-0.25, -0.2) is 14.8 Å². The van der Waals surface area contributed by atoms with Gasteiger partial charge in [0.05, 0.1) is 5.56 Å². The van der Waals surface area contributed by atoms with Crippen LogP contribution in [0.4, 0.5) is 23.9 Å². The molecule has 24 heavy (non-hydrogen) atoms. The van der Waals surface area contributed by atoms with Crippen LogP contribution in [0.1, 0.15) is 45.6 Å². The molecule has 0 radical (unpaired) electrons. The first-order valence-electron chi connectivity index (χ1n) is 7.68. The molecule has 2 N–H and O–H groups in total. The number of nitrogens with zero attached hydrogens (tertiary/aromatic N) is 2. The van der Waals surface area contributed by atoms with Crippen LogP contribution in [0.2, 0.25) is 0 Å². The normalized spacial score (nSPS) is 21.4. The third kappa shape index (κ3) is 5.54. The lowest BCUT2D eigenvalue weighted by Gasteiger charge is -2.21. The Labute approximate surface area is 138 Å². The lowest BCUT2D eigenvalue weighted by molar-refractivity contribution is -0.138. The van der Waals surface area contributed by atoms with E-state index in [1.165, 1.54) is 0 Å². The number of halogens is 3. The molecule has 2 rings (SSSR count). The van der Waals surface area contributed by atoms with Gasteiger partial charge in [0.2, 0.25) is 5.95 Å². The van der Waals surface area contributed by atoms with Gasteiger partial charge in [-0.1, -0.05) is 0 Å². The summed E-state index contributed by atoms with van der Waals surface area (Å²) in [7, 11) is 0. The van der Waals surface area contributed by atoms with Crippen molar-refractivity contribution < 1.29 is 22.7 Å². The predicted molar refractivity (Wildman–Crippen MR) is 81.5 cm³/mol. The number of alkyl halides is 3. The van der Waals surface area contributed by atoms with Crippen molar-refractivity contribution in [2.45, 2.75) is 63.9 Å². The van der Waals surface area contributed by atoms with Crippen molar-refractivity contribution >= 4 is 12.0 Å². The molecule has 1 saturated carbocycles. The molecule has 0 bridgehead atoms. The molecule has 0 spiro atoms. The maximum atomic E-state index is 12.5. The van der Waals surface area contributed by atoms with Crippen LogP contribution in [0.5, 0.6) is 0 Å². The minimum Gasteiger partial charge on any atom is -0.444 e. The van der Waals surface area contributed by atoms with E-state index in [1.54, 1.807) is 20.8 Å². The Morgan fingerprint density at radius 2 is 1.75 bits per heavy atom. The van der Waals surface area contributed by atoms with Crippen LogP contribution in [-0.4, -0.2) is 33.7 Å². The Kier molecular flexibility index (Phi) is 5.19. The summed E-state index contributed by atoms with van der Waals surface area (Å²) in [4.78, 5) is 19.1. The lowest BCUT2D eigenvalue weighted by Crippen LogP contribution is -2.38. The fraction of sp³-hybridized carbons (Fsp3) is 0.667. The third-order valence-corrected chi connectivity index (χ3v) is 3.47. The fourth-order valence-electron chi connectivity index (χ4n) is 2.45. The van der Waals surface area contributed by atoms with Crippen LogP contribution in [0.15, 0.2) is 12.4 Å². The average Bonchev–Trinajstić information content (AvgIpc) is 2.83. The quantitative estimate of drug-likeness (QED) is 0.878. The summed E-state index contributed by atoms with van der Waals surface area (Å²) >= 11 is 0. The second-order valence-corrected chi connectivity index (χ2v) is 6.79. The fourth-order valence-corrected chi connectivity index (χ4v) is 2.45. The molecule has 1 aliphatic carbocycles. The predicted octanol–water partition coefficient (Wildman–Crippen LogP) is 3.35. The maximum absolute atomic E-state index is 12.5. The molecular formula is C15H21F3N4O2. The van der Waals surface area contributed by atoms with Gasteiger partial charge in [0, 0.05) is 24.5 Å². The number of amides is 1. The summed E-state index contributed by atoms with van der Waals surface area (Å²) in [6.07, 6.45) is -1.29. The molecule has 1 heterocycles. The van der Waals surface area contributed by atoms with Crippen LogP contribution in [0.25, 0.3) is 0 Å². The van der Waals surface area contributed by atoms with E-state index in [9.17, 15) is 18.0 Å². The van der Waals surface area contributed by atoms with Crippen molar-refractivity contribution in [3.63, 3.8) is 0 Å². The van der Waals surface area contributed by atoms with Crippen molar-refractivity contribution in [2.75, 3.05) is 5.32 Å². The second-order valence-electron chi connectivity index (χ2n) is 6.79. The van der Waals surface area contributed by atoms with E-state index in [-0.39, 0.29) is 18.0 Å². The highest BCUT2D eigenvalue weighted by atomic mass is 19.4. The average molecular weight is 346 g/mol. The Bertz CT molecular complexity index is 570. The van der Waals surface area contributed by atoms with Gasteiger partial charge < -0.3 is 15.4 Å². The minimum absolute atomic E-state index is 0.0123. The highest BCUT2D eigenvalue weighted by molar-refractivity contribution is 5.68. The van der Waals surface area contributed by atoms with Crippen LogP contribution in [0.3, 0.4) is 0 Å². The van der Waals surface area contributed by atoms with Crippen molar-refractivity contribution in [1.82, 2.24) is 15.3 Å². The largest absolute Gasteiger partial charge is 0.444 e. The molecule has 0 aliphatic heterocycles. The highest BCUT2D eigenvalue weighted by Gasteiger charge is 2.32. The summed E-state index contributed by atoms with van der Waals surface area (Å²) in [5.41, 5.74) is -1.45. The van der Waals surface area contributed by atoms with E-state index in [4.69, 9.17) is 4.74 Å². The summed E-state index contributed by atoms with van der Waals surface area (Å²) in [5.74, 6) is 0.144. The number of hydrogen-bond acceptors (Lipinski definition) is 5. The molecule has 6 nitrogen and oxygen atoms in total. The Morgan fingerprint density at radius 1 is 1.17 bits per heavy atom. The van der Waals surface area contributed by atoms with Gasteiger partial charge in [-0.05, 0) is 40.0 Å². The number of ether oxygens (including phenoxy) is 1. The summed E-state index contributed by atoms with van der Waals surface area (Å²) in [5, 5.41) is 5.78. The molecular weight excluding hydrogens is 325 g/mol. The van der Waals surface area contributed by atoms with Crippen molar-refractivity contribution in [3.05, 3.63) is 18.0 Å². The van der Waals surface area contributed by atoms with E-state index < -0.39 is 23.4 Å². The van der Waals surface area contributed by atoms with Gasteiger partial charge in [0.1, 0.15) is 5.60 Å². The van der Waals surface area contributed by atoms with Crippen LogP contribution < -0.4 is 10.6 Å². The first-order chi connectivity index (χ1) is 11.0. The highest BCUT2D eigenvalue weighted by Crippen LogP contribution is 2.28. The van der Waals surface area contributed by atoms with E-state index >= 15 is 0 Å². The van der Waals surface area contributed by atoms with Crippen LogP contribution in [0, 0.1) is 0 Å². The van der Waals surface area contributed by atoms with Crippen LogP contribution in [-0.2, 0) is 10.9 Å². The molecule has 1 fully saturated rings. The number of carbonyl (C=O) groups excluding carboxylic acids is 1. The van der Waals surface area contributed by atoms with Crippen molar-refractivity contribution in [2.24, 2.45) is 0 Å². The smallest absolute Gasteiger partial charge is 0.419 e. The number of carbonyl (C=O) groups is 1. The molecule has 1 aliphatic rings. The van der Waals surface area contributed by atoms with Crippen molar-refractivity contribution in [1.29, 1.82) is 0 Å². The monoisotopic (exact) mass is 346 g/mol. The standard InChI is InChI=1S/C15H21F3N4O2/c1-14(2,3)24-13(23)22-11-5-4-10(6-11)21-12-19-7-9(8-20-12)15(16,17)18/h7-8,10-11H,4-6H2,1-3H3,(H,22,23)(H,19,20,21)/t10-,11-/m0/s1. The molecule has 1 aromatic rings. The molecule has 0 saturated heterocycles. The second kappa shape index (κ2) is 6.82. The Hall–Kier alpha value is -2.06. The minimum atomic E-state index is -4.45. The third-order valence-electron chi connectivity index (χ3n) is 3.47. The number of aromatic nitrogens is 2. The topological polar surface area (TPSA) is 76.1 Å². The lowest BCUT2D eigenvalue weighted by atomic mass is 10.2. The van der Waals surface area contributed by atoms with Gasteiger partial charge in [-0.15, -0.1) is 0 Å². The van der Waals surface area contributed by atoms with E-state index in [0.717, 1.165) is 25.2 Å². The zero-order chi connectivity index (χ0) is 18.0. The number of rotatable bonds is 3. The molecule has 1 amide bonds. The first-order valence-corrected chi connectivity index (χ1v) is 7.68. The van der Waals surface area contributed by atoms with Gasteiger partial charge in [0.15, 0.2) is 0 Å². The van der Waals surface area contributed by atoms with Gasteiger partial charge in [-0.3, -0.25) is 0 Å². The van der Waals surface area contributed by atoms with E-state index in [2.05, 4.69) is 20.6 Å². The zero-order valence-electron chi connectivity index (χ0n) is 13.8. The number of alkyl carbamates (subject to hydrolysis) is 1. The number of anilines is 1. The van der Waals surface area contributed by atoms with Crippen LogP contribution >= 0.6 is 0 Å². The van der Waals surface area contributed by atoms with Gasteiger partial charge in [0.25, 0.3) is 0 Å². The molecule has 0 unspecified atom stereocenters. The molecule has 9 heteroatoms. The Balaban J connectivity index is 1.82.